The van der Waals surface area contributed by atoms with Gasteiger partial charge in [0.05, 0.1) is 16.8 Å². The zero-order valence-electron chi connectivity index (χ0n) is 16.7. The molecule has 6 nitrogen and oxygen atoms in total. The maximum absolute atomic E-state index is 13.8. The van der Waals surface area contributed by atoms with E-state index in [1.807, 2.05) is 0 Å². The molecule has 164 valence electrons. The average molecular weight is 457 g/mol. The summed E-state index contributed by atoms with van der Waals surface area (Å²) in [6.07, 6.45) is -0.446. The Morgan fingerprint density at radius 1 is 0.938 bits per heavy atom. The lowest BCUT2D eigenvalue weighted by Crippen LogP contribution is -2.15. The van der Waals surface area contributed by atoms with Crippen molar-refractivity contribution in [2.75, 3.05) is 0 Å². The van der Waals surface area contributed by atoms with Crippen molar-refractivity contribution in [2.45, 2.75) is 18.2 Å². The first-order valence-corrected chi connectivity index (χ1v) is 10.9. The Labute approximate surface area is 182 Å². The van der Waals surface area contributed by atoms with Gasteiger partial charge in [0.2, 0.25) is 0 Å². The number of hydrogen-bond acceptors (Lipinski definition) is 4. The van der Waals surface area contributed by atoms with Crippen LogP contribution < -0.4 is 4.74 Å². The summed E-state index contributed by atoms with van der Waals surface area (Å²) >= 11 is 0. The summed E-state index contributed by atoms with van der Waals surface area (Å²) < 4.78 is 60.3. The number of carbonyl (C=O) groups is 1. The van der Waals surface area contributed by atoms with Crippen LogP contribution in [0.25, 0.3) is 10.9 Å². The molecule has 0 radical (unpaired) electrons. The van der Waals surface area contributed by atoms with Gasteiger partial charge in [-0.25, -0.2) is 21.2 Å². The van der Waals surface area contributed by atoms with E-state index in [-0.39, 0.29) is 27.1 Å². The van der Waals surface area contributed by atoms with Gasteiger partial charge in [-0.1, -0.05) is 0 Å². The second kappa shape index (κ2) is 8.08. The van der Waals surface area contributed by atoms with E-state index in [1.165, 1.54) is 61.5 Å². The van der Waals surface area contributed by atoms with Gasteiger partial charge in [-0.15, -0.1) is 0 Å². The summed E-state index contributed by atoms with van der Waals surface area (Å²) in [7, 11) is -4.12. The normalized spacial score (nSPS) is 11.6. The third-order valence-corrected chi connectivity index (χ3v) is 6.80. The lowest BCUT2D eigenvalue weighted by molar-refractivity contribution is -0.136. The van der Waals surface area contributed by atoms with Crippen LogP contribution in [0.2, 0.25) is 0 Å². The van der Waals surface area contributed by atoms with Crippen LogP contribution in [0.3, 0.4) is 0 Å². The number of carboxylic acids is 1. The molecule has 0 unspecified atom stereocenters. The van der Waals surface area contributed by atoms with Gasteiger partial charge in [0.15, 0.2) is 0 Å². The number of benzene rings is 3. The van der Waals surface area contributed by atoms with Crippen LogP contribution in [-0.4, -0.2) is 23.5 Å². The first-order valence-electron chi connectivity index (χ1n) is 9.47. The molecule has 9 heteroatoms. The SMILES string of the molecule is Cc1c(CC(=O)O)c2cc(F)ccc2n1S(=O)(=O)c1ccc(Oc2ccc(F)cc2)cc1. The highest BCUT2D eigenvalue weighted by Gasteiger charge is 2.26. The van der Waals surface area contributed by atoms with Crippen molar-refractivity contribution >= 4 is 26.9 Å². The smallest absolute Gasteiger partial charge is 0.307 e. The molecule has 0 saturated carbocycles. The minimum absolute atomic E-state index is 0.0600. The highest BCUT2D eigenvalue weighted by molar-refractivity contribution is 7.90. The molecule has 0 bridgehead atoms. The van der Waals surface area contributed by atoms with Gasteiger partial charge in [-0.05, 0) is 79.2 Å². The standard InChI is InChI=1S/C23H17F2NO5S/c1-14-20(13-23(27)28)21-12-16(25)4-11-22(21)26(14)32(29,30)19-9-7-18(8-10-19)31-17-5-2-15(24)3-6-17/h2-12H,13H2,1H3,(H,27,28). The summed E-state index contributed by atoms with van der Waals surface area (Å²) in [5.41, 5.74) is 0.610. The van der Waals surface area contributed by atoms with Crippen molar-refractivity contribution in [3.05, 3.63) is 89.6 Å². The molecular formula is C23H17F2NO5S. The zero-order chi connectivity index (χ0) is 23.0. The third-order valence-electron chi connectivity index (χ3n) is 4.98. The quantitative estimate of drug-likeness (QED) is 0.446. The van der Waals surface area contributed by atoms with Crippen LogP contribution in [0.5, 0.6) is 11.5 Å². The molecule has 3 aromatic carbocycles. The molecule has 1 N–H and O–H groups in total. The predicted octanol–water partition coefficient (Wildman–Crippen LogP) is 4.88. The van der Waals surface area contributed by atoms with Gasteiger partial charge >= 0.3 is 5.97 Å². The van der Waals surface area contributed by atoms with E-state index < -0.39 is 34.0 Å². The number of aromatic nitrogens is 1. The molecule has 0 atom stereocenters. The minimum Gasteiger partial charge on any atom is -0.481 e. The Morgan fingerprint density at radius 3 is 2.09 bits per heavy atom. The molecule has 0 aliphatic heterocycles. The fraction of sp³-hybridized carbons (Fsp3) is 0.0870. The number of halogens is 2. The van der Waals surface area contributed by atoms with Crippen molar-refractivity contribution in [1.82, 2.24) is 3.97 Å². The van der Waals surface area contributed by atoms with Crippen LogP contribution in [0.15, 0.2) is 71.6 Å². The minimum atomic E-state index is -4.12. The Hall–Kier alpha value is -3.72. The zero-order valence-corrected chi connectivity index (χ0v) is 17.6. The fourth-order valence-electron chi connectivity index (χ4n) is 3.53. The molecule has 0 aliphatic carbocycles. The second-order valence-electron chi connectivity index (χ2n) is 7.09. The topological polar surface area (TPSA) is 85.6 Å². The number of ether oxygens (including phenoxy) is 1. The van der Waals surface area contributed by atoms with E-state index in [4.69, 9.17) is 4.74 Å². The summed E-state index contributed by atoms with van der Waals surface area (Å²) in [4.78, 5) is 11.2. The Morgan fingerprint density at radius 2 is 1.50 bits per heavy atom. The lowest BCUT2D eigenvalue weighted by Gasteiger charge is -2.11. The van der Waals surface area contributed by atoms with Crippen molar-refractivity contribution < 1.29 is 31.8 Å². The lowest BCUT2D eigenvalue weighted by atomic mass is 10.1. The second-order valence-corrected chi connectivity index (χ2v) is 8.88. The van der Waals surface area contributed by atoms with Gasteiger partial charge in [0, 0.05) is 11.1 Å². The molecule has 0 spiro atoms. The molecule has 32 heavy (non-hydrogen) atoms. The van der Waals surface area contributed by atoms with E-state index >= 15 is 0 Å². The number of aliphatic carboxylic acids is 1. The molecule has 0 saturated heterocycles. The summed E-state index contributed by atoms with van der Waals surface area (Å²) in [5.74, 6) is -1.43. The maximum Gasteiger partial charge on any atom is 0.307 e. The number of nitrogens with zero attached hydrogens (tertiary/aromatic N) is 1. The molecule has 1 aromatic heterocycles. The van der Waals surface area contributed by atoms with E-state index in [9.17, 15) is 27.1 Å². The van der Waals surface area contributed by atoms with E-state index in [0.29, 0.717) is 11.5 Å². The summed E-state index contributed by atoms with van der Waals surface area (Å²) in [6, 6.07) is 14.5. The highest BCUT2D eigenvalue weighted by Crippen LogP contribution is 2.32. The molecule has 0 fully saturated rings. The van der Waals surface area contributed by atoms with Gasteiger partial charge in [-0.3, -0.25) is 4.79 Å². The average Bonchev–Trinajstić information content (AvgIpc) is 3.01. The monoisotopic (exact) mass is 457 g/mol. The highest BCUT2D eigenvalue weighted by atomic mass is 32.2. The molecule has 4 aromatic rings. The number of carboxylic acid groups (broad SMARTS) is 1. The van der Waals surface area contributed by atoms with Crippen molar-refractivity contribution in [1.29, 1.82) is 0 Å². The van der Waals surface area contributed by atoms with Crippen molar-refractivity contribution in [3.63, 3.8) is 0 Å². The van der Waals surface area contributed by atoms with E-state index in [0.717, 1.165) is 16.1 Å². The Bertz CT molecular complexity index is 1430. The largest absolute Gasteiger partial charge is 0.481 e. The first-order chi connectivity index (χ1) is 15.2. The van der Waals surface area contributed by atoms with Gasteiger partial charge in [0.1, 0.15) is 23.1 Å². The number of fused-ring (bicyclic) bond motifs is 1. The van der Waals surface area contributed by atoms with Gasteiger partial charge in [-0.2, -0.15) is 0 Å². The Kier molecular flexibility index (Phi) is 5.43. The number of rotatable bonds is 6. The van der Waals surface area contributed by atoms with Gasteiger partial charge in [0.25, 0.3) is 10.0 Å². The number of hydrogen-bond donors (Lipinski definition) is 1. The fourth-order valence-corrected chi connectivity index (χ4v) is 5.11. The van der Waals surface area contributed by atoms with Gasteiger partial charge < -0.3 is 9.84 Å². The van der Waals surface area contributed by atoms with Crippen LogP contribution in [0, 0.1) is 18.6 Å². The molecule has 4 rings (SSSR count). The first kappa shape index (κ1) is 21.5. The summed E-state index contributed by atoms with van der Waals surface area (Å²) in [5, 5.41) is 9.46. The molecule has 1 heterocycles. The third kappa shape index (κ3) is 3.94. The van der Waals surface area contributed by atoms with Crippen LogP contribution in [-0.2, 0) is 21.2 Å². The van der Waals surface area contributed by atoms with Crippen molar-refractivity contribution in [2.24, 2.45) is 0 Å². The molecule has 0 amide bonds. The van der Waals surface area contributed by atoms with Crippen LogP contribution in [0.4, 0.5) is 8.78 Å². The van der Waals surface area contributed by atoms with Crippen LogP contribution in [0.1, 0.15) is 11.3 Å². The molecular weight excluding hydrogens is 440 g/mol. The summed E-state index contributed by atoms with van der Waals surface area (Å²) in [6.45, 7) is 1.49. The Balaban J connectivity index is 1.75. The maximum atomic E-state index is 13.8. The predicted molar refractivity (Wildman–Crippen MR) is 113 cm³/mol. The van der Waals surface area contributed by atoms with E-state index in [1.54, 1.807) is 0 Å². The van der Waals surface area contributed by atoms with Crippen molar-refractivity contribution in [3.8, 4) is 11.5 Å². The van der Waals surface area contributed by atoms with Crippen LogP contribution >= 0.6 is 0 Å². The molecule has 0 aliphatic rings. The van der Waals surface area contributed by atoms with E-state index in [2.05, 4.69) is 0 Å².